The zero-order valence-electron chi connectivity index (χ0n) is 14.9. The van der Waals surface area contributed by atoms with Gasteiger partial charge in [0.2, 0.25) is 0 Å². The van der Waals surface area contributed by atoms with Crippen LogP contribution in [0.3, 0.4) is 0 Å². The lowest BCUT2D eigenvalue weighted by molar-refractivity contribution is 0.0263. The second-order valence-electron chi connectivity index (χ2n) is 7.24. The van der Waals surface area contributed by atoms with Gasteiger partial charge in [-0.1, -0.05) is 13.8 Å². The van der Waals surface area contributed by atoms with Crippen molar-refractivity contribution in [3.05, 3.63) is 18.1 Å². The maximum absolute atomic E-state index is 12.2. The monoisotopic (exact) mass is 320 g/mol. The van der Waals surface area contributed by atoms with Gasteiger partial charge in [0, 0.05) is 38.3 Å². The van der Waals surface area contributed by atoms with Crippen molar-refractivity contribution in [3.8, 4) is 0 Å². The number of carbonyl (C=O) groups is 1. The Morgan fingerprint density at radius 2 is 1.96 bits per heavy atom. The highest BCUT2D eigenvalue weighted by molar-refractivity contribution is 5.68. The quantitative estimate of drug-likeness (QED) is 0.838. The highest BCUT2D eigenvalue weighted by Crippen LogP contribution is 2.18. The molecular formula is C17H28N4O2. The van der Waals surface area contributed by atoms with E-state index in [-0.39, 0.29) is 6.09 Å². The first kappa shape index (κ1) is 17.5. The van der Waals surface area contributed by atoms with Gasteiger partial charge in [0.15, 0.2) is 0 Å². The molecule has 0 N–H and O–H groups in total. The van der Waals surface area contributed by atoms with E-state index >= 15 is 0 Å². The predicted octanol–water partition coefficient (Wildman–Crippen LogP) is 3.05. The summed E-state index contributed by atoms with van der Waals surface area (Å²) in [4.78, 5) is 25.2. The predicted molar refractivity (Wildman–Crippen MR) is 90.8 cm³/mol. The molecule has 1 aliphatic rings. The fraction of sp³-hybridized carbons (Fsp3) is 0.706. The molecule has 1 fully saturated rings. The van der Waals surface area contributed by atoms with Crippen LogP contribution >= 0.6 is 0 Å². The largest absolute Gasteiger partial charge is 0.444 e. The average Bonchev–Trinajstić information content (AvgIpc) is 2.71. The molecule has 0 aliphatic carbocycles. The lowest BCUT2D eigenvalue weighted by Crippen LogP contribution is -2.39. The topological polar surface area (TPSA) is 58.6 Å². The Bertz CT molecular complexity index is 540. The minimum absolute atomic E-state index is 0.232. The Balaban J connectivity index is 2.01. The van der Waals surface area contributed by atoms with Crippen molar-refractivity contribution < 1.29 is 9.53 Å². The van der Waals surface area contributed by atoms with E-state index in [2.05, 4.69) is 28.7 Å². The summed E-state index contributed by atoms with van der Waals surface area (Å²) in [6, 6.07) is 1.94. The molecule has 6 nitrogen and oxygen atoms in total. The summed E-state index contributed by atoms with van der Waals surface area (Å²) in [7, 11) is 0. The van der Waals surface area contributed by atoms with Gasteiger partial charge in [-0.3, -0.25) is 0 Å². The molecule has 0 spiro atoms. The molecule has 1 aromatic heterocycles. The van der Waals surface area contributed by atoms with Crippen LogP contribution in [0.4, 0.5) is 10.6 Å². The van der Waals surface area contributed by atoms with Crippen molar-refractivity contribution >= 4 is 11.9 Å². The second-order valence-corrected chi connectivity index (χ2v) is 7.24. The summed E-state index contributed by atoms with van der Waals surface area (Å²) in [5.41, 5.74) is -0.456. The molecular weight excluding hydrogens is 292 g/mol. The van der Waals surface area contributed by atoms with Crippen molar-refractivity contribution in [1.29, 1.82) is 0 Å². The number of anilines is 1. The Labute approximate surface area is 138 Å². The van der Waals surface area contributed by atoms with Crippen molar-refractivity contribution in [2.75, 3.05) is 31.1 Å². The molecule has 1 saturated heterocycles. The van der Waals surface area contributed by atoms with Crippen LogP contribution < -0.4 is 4.90 Å². The van der Waals surface area contributed by atoms with Gasteiger partial charge in [0.05, 0.1) is 0 Å². The average molecular weight is 320 g/mol. The van der Waals surface area contributed by atoms with Crippen LogP contribution in [0.2, 0.25) is 0 Å². The molecule has 0 saturated carbocycles. The Morgan fingerprint density at radius 3 is 2.61 bits per heavy atom. The zero-order valence-corrected chi connectivity index (χ0v) is 14.9. The Hall–Kier alpha value is -1.85. The Morgan fingerprint density at radius 1 is 1.22 bits per heavy atom. The van der Waals surface area contributed by atoms with E-state index in [0.717, 1.165) is 31.2 Å². The van der Waals surface area contributed by atoms with Crippen LogP contribution in [0.1, 0.15) is 52.8 Å². The van der Waals surface area contributed by atoms with Crippen LogP contribution in [0.15, 0.2) is 12.3 Å². The third-order valence-corrected chi connectivity index (χ3v) is 3.65. The van der Waals surface area contributed by atoms with Crippen LogP contribution in [-0.4, -0.2) is 52.7 Å². The smallest absolute Gasteiger partial charge is 0.410 e. The molecule has 0 bridgehead atoms. The maximum Gasteiger partial charge on any atom is 0.410 e. The van der Waals surface area contributed by atoms with E-state index in [9.17, 15) is 4.79 Å². The van der Waals surface area contributed by atoms with Gasteiger partial charge in [0.1, 0.15) is 17.2 Å². The molecule has 1 aromatic rings. The fourth-order valence-corrected chi connectivity index (χ4v) is 2.47. The van der Waals surface area contributed by atoms with E-state index in [1.54, 1.807) is 4.90 Å². The summed E-state index contributed by atoms with van der Waals surface area (Å²) in [6.45, 7) is 12.9. The normalized spacial score (nSPS) is 16.4. The second kappa shape index (κ2) is 7.15. The molecule has 0 aromatic carbocycles. The first-order chi connectivity index (χ1) is 10.8. The molecule has 2 heterocycles. The molecule has 0 unspecified atom stereocenters. The van der Waals surface area contributed by atoms with Gasteiger partial charge < -0.3 is 14.5 Å². The van der Waals surface area contributed by atoms with Crippen LogP contribution in [0.5, 0.6) is 0 Å². The van der Waals surface area contributed by atoms with E-state index in [0.29, 0.717) is 19.0 Å². The number of rotatable bonds is 2. The Kier molecular flexibility index (Phi) is 5.44. The van der Waals surface area contributed by atoms with Crippen LogP contribution in [0, 0.1) is 0 Å². The van der Waals surface area contributed by atoms with Crippen molar-refractivity contribution in [1.82, 2.24) is 14.9 Å². The summed E-state index contributed by atoms with van der Waals surface area (Å²) in [5, 5.41) is 0. The number of amides is 1. The number of aromatic nitrogens is 2. The van der Waals surface area contributed by atoms with Crippen molar-refractivity contribution in [3.63, 3.8) is 0 Å². The lowest BCUT2D eigenvalue weighted by atomic mass is 10.2. The number of ether oxygens (including phenoxy) is 1. The summed E-state index contributed by atoms with van der Waals surface area (Å²) in [6.07, 6.45) is 2.49. The van der Waals surface area contributed by atoms with Gasteiger partial charge in [-0.15, -0.1) is 0 Å². The van der Waals surface area contributed by atoms with Crippen molar-refractivity contribution in [2.24, 2.45) is 0 Å². The summed E-state index contributed by atoms with van der Waals surface area (Å²) in [5.74, 6) is 2.10. The minimum Gasteiger partial charge on any atom is -0.444 e. The number of hydrogen-bond acceptors (Lipinski definition) is 5. The first-order valence-electron chi connectivity index (χ1n) is 8.32. The van der Waals surface area contributed by atoms with Gasteiger partial charge in [0.25, 0.3) is 0 Å². The summed E-state index contributed by atoms with van der Waals surface area (Å²) < 4.78 is 5.47. The SMILES string of the molecule is CC(C)c1nccc(N2CCCN(C(=O)OC(C)(C)C)CC2)n1. The van der Waals surface area contributed by atoms with Gasteiger partial charge >= 0.3 is 6.09 Å². The number of carbonyl (C=O) groups excluding carboxylic acids is 1. The molecule has 0 radical (unpaired) electrons. The molecule has 0 atom stereocenters. The summed E-state index contributed by atoms with van der Waals surface area (Å²) >= 11 is 0. The highest BCUT2D eigenvalue weighted by Gasteiger charge is 2.24. The zero-order chi connectivity index (χ0) is 17.0. The number of hydrogen-bond donors (Lipinski definition) is 0. The van der Waals surface area contributed by atoms with Gasteiger partial charge in [-0.2, -0.15) is 0 Å². The van der Waals surface area contributed by atoms with E-state index < -0.39 is 5.60 Å². The maximum atomic E-state index is 12.2. The van der Waals surface area contributed by atoms with Crippen LogP contribution in [0.25, 0.3) is 0 Å². The van der Waals surface area contributed by atoms with Gasteiger partial charge in [-0.25, -0.2) is 14.8 Å². The molecule has 128 valence electrons. The van der Waals surface area contributed by atoms with Crippen LogP contribution in [-0.2, 0) is 4.74 Å². The van der Waals surface area contributed by atoms with E-state index in [1.807, 2.05) is 33.0 Å². The van der Waals surface area contributed by atoms with Crippen molar-refractivity contribution in [2.45, 2.75) is 52.6 Å². The minimum atomic E-state index is -0.456. The third-order valence-electron chi connectivity index (χ3n) is 3.65. The molecule has 2 rings (SSSR count). The standard InChI is InChI=1S/C17H28N4O2/c1-13(2)15-18-8-7-14(19-15)20-9-6-10-21(12-11-20)16(22)23-17(3,4)5/h7-8,13H,6,9-12H2,1-5H3. The molecule has 6 heteroatoms. The number of nitrogens with zero attached hydrogens (tertiary/aromatic N) is 4. The first-order valence-corrected chi connectivity index (χ1v) is 8.32. The fourth-order valence-electron chi connectivity index (χ4n) is 2.47. The molecule has 1 amide bonds. The highest BCUT2D eigenvalue weighted by atomic mass is 16.6. The lowest BCUT2D eigenvalue weighted by Gasteiger charge is -2.26. The third kappa shape index (κ3) is 5.08. The molecule has 1 aliphatic heterocycles. The van der Waals surface area contributed by atoms with Gasteiger partial charge in [-0.05, 0) is 33.3 Å². The molecule has 23 heavy (non-hydrogen) atoms. The van der Waals surface area contributed by atoms with E-state index in [4.69, 9.17) is 4.74 Å². The van der Waals surface area contributed by atoms with E-state index in [1.165, 1.54) is 0 Å².